The van der Waals surface area contributed by atoms with E-state index in [4.69, 9.17) is 0 Å². The standard InChI is InChI=1S/C15H21NS/c1-11(2)16-8-4-5-12-6-7-13(9-14(12)16)15(3)10-17-15/h6-7,9,11H,4-5,8,10H2,1-3H3. The molecule has 92 valence electrons. The van der Waals surface area contributed by atoms with E-state index in [0.29, 0.717) is 10.8 Å². The monoisotopic (exact) mass is 247 g/mol. The average Bonchev–Trinajstić information content (AvgIpc) is 3.07. The van der Waals surface area contributed by atoms with Gasteiger partial charge in [-0.15, -0.1) is 11.8 Å². The lowest BCUT2D eigenvalue weighted by Gasteiger charge is -2.35. The number of hydrogen-bond acceptors (Lipinski definition) is 2. The smallest absolute Gasteiger partial charge is 0.0472 e. The van der Waals surface area contributed by atoms with E-state index in [0.717, 1.165) is 0 Å². The van der Waals surface area contributed by atoms with Gasteiger partial charge in [0.25, 0.3) is 0 Å². The fraction of sp³-hybridized carbons (Fsp3) is 0.600. The Hall–Kier alpha value is -0.630. The Morgan fingerprint density at radius 3 is 2.76 bits per heavy atom. The van der Waals surface area contributed by atoms with E-state index in [1.807, 2.05) is 0 Å². The first kappa shape index (κ1) is 11.5. The van der Waals surface area contributed by atoms with Crippen molar-refractivity contribution in [2.24, 2.45) is 0 Å². The molecular formula is C15H21NS. The van der Waals surface area contributed by atoms with Gasteiger partial charge >= 0.3 is 0 Å². The fourth-order valence-corrected chi connectivity index (χ4v) is 3.42. The predicted octanol–water partition coefficient (Wildman–Crippen LogP) is 3.81. The summed E-state index contributed by atoms with van der Waals surface area (Å²) in [5.41, 5.74) is 4.56. The number of fused-ring (bicyclic) bond motifs is 1. The Kier molecular flexibility index (Phi) is 2.66. The van der Waals surface area contributed by atoms with Crippen molar-refractivity contribution in [3.63, 3.8) is 0 Å². The third-order valence-electron chi connectivity index (χ3n) is 4.05. The number of aryl methyl sites for hydroxylation is 1. The Balaban J connectivity index is 2.01. The van der Waals surface area contributed by atoms with Crippen LogP contribution in [0.15, 0.2) is 18.2 Å². The Bertz CT molecular complexity index is 435. The summed E-state index contributed by atoms with van der Waals surface area (Å²) in [7, 11) is 0. The van der Waals surface area contributed by atoms with Crippen molar-refractivity contribution < 1.29 is 0 Å². The minimum Gasteiger partial charge on any atom is -0.369 e. The largest absolute Gasteiger partial charge is 0.369 e. The molecule has 0 spiro atoms. The third kappa shape index (κ3) is 1.97. The molecule has 0 aliphatic carbocycles. The van der Waals surface area contributed by atoms with E-state index < -0.39 is 0 Å². The molecule has 1 unspecified atom stereocenters. The minimum absolute atomic E-state index is 0.412. The van der Waals surface area contributed by atoms with Gasteiger partial charge in [0.1, 0.15) is 0 Å². The molecule has 17 heavy (non-hydrogen) atoms. The van der Waals surface area contributed by atoms with Crippen LogP contribution < -0.4 is 4.90 Å². The van der Waals surface area contributed by atoms with E-state index in [2.05, 4.69) is 55.6 Å². The number of thioether (sulfide) groups is 1. The van der Waals surface area contributed by atoms with Crippen LogP contribution in [0.25, 0.3) is 0 Å². The molecule has 1 aromatic carbocycles. The van der Waals surface area contributed by atoms with Crippen LogP contribution in [0.3, 0.4) is 0 Å². The van der Waals surface area contributed by atoms with Crippen LogP contribution in [0.5, 0.6) is 0 Å². The maximum absolute atomic E-state index is 2.57. The van der Waals surface area contributed by atoms with Gasteiger partial charge in [-0.3, -0.25) is 0 Å². The van der Waals surface area contributed by atoms with Crippen LogP contribution >= 0.6 is 11.8 Å². The number of anilines is 1. The van der Waals surface area contributed by atoms with E-state index in [1.165, 1.54) is 36.4 Å². The number of hydrogen-bond donors (Lipinski definition) is 0. The zero-order chi connectivity index (χ0) is 12.0. The zero-order valence-electron chi connectivity index (χ0n) is 11.0. The lowest BCUT2D eigenvalue weighted by molar-refractivity contribution is 0.624. The first-order chi connectivity index (χ1) is 8.10. The van der Waals surface area contributed by atoms with Gasteiger partial charge in [0, 0.05) is 28.8 Å². The first-order valence-corrected chi connectivity index (χ1v) is 7.63. The van der Waals surface area contributed by atoms with Crippen LogP contribution in [-0.4, -0.2) is 18.3 Å². The highest BCUT2D eigenvalue weighted by Crippen LogP contribution is 2.53. The molecule has 1 saturated heterocycles. The van der Waals surface area contributed by atoms with Crippen LogP contribution in [0.4, 0.5) is 5.69 Å². The Labute approximate surface area is 109 Å². The molecule has 0 aromatic heterocycles. The van der Waals surface area contributed by atoms with E-state index in [-0.39, 0.29) is 0 Å². The summed E-state index contributed by atoms with van der Waals surface area (Å²) in [6, 6.07) is 7.78. The molecule has 1 fully saturated rings. The van der Waals surface area contributed by atoms with Crippen LogP contribution in [0.2, 0.25) is 0 Å². The molecule has 0 saturated carbocycles. The third-order valence-corrected chi connectivity index (χ3v) is 5.44. The van der Waals surface area contributed by atoms with Crippen LogP contribution in [0, 0.1) is 0 Å². The van der Waals surface area contributed by atoms with Gasteiger partial charge in [0.05, 0.1) is 0 Å². The molecule has 0 N–H and O–H groups in total. The van der Waals surface area contributed by atoms with Gasteiger partial charge in [-0.2, -0.15) is 0 Å². The Morgan fingerprint density at radius 1 is 1.35 bits per heavy atom. The highest BCUT2D eigenvalue weighted by atomic mass is 32.2. The zero-order valence-corrected chi connectivity index (χ0v) is 11.8. The first-order valence-electron chi connectivity index (χ1n) is 6.64. The predicted molar refractivity (Wildman–Crippen MR) is 77.1 cm³/mol. The summed E-state index contributed by atoms with van der Waals surface area (Å²) in [4.78, 5) is 2.57. The summed E-state index contributed by atoms with van der Waals surface area (Å²) >= 11 is 2.07. The van der Waals surface area contributed by atoms with Gasteiger partial charge in [0.15, 0.2) is 0 Å². The molecule has 1 aromatic rings. The highest BCUT2D eigenvalue weighted by Gasteiger charge is 2.40. The Morgan fingerprint density at radius 2 is 2.12 bits per heavy atom. The summed E-state index contributed by atoms with van der Waals surface area (Å²) in [5, 5.41) is 0. The van der Waals surface area contributed by atoms with Crippen LogP contribution in [-0.2, 0) is 11.2 Å². The summed E-state index contributed by atoms with van der Waals surface area (Å²) < 4.78 is 0.412. The second-order valence-corrected chi connectivity index (χ2v) is 7.23. The lowest BCUT2D eigenvalue weighted by Crippen LogP contribution is -2.35. The minimum atomic E-state index is 0.412. The molecule has 2 aliphatic rings. The average molecular weight is 247 g/mol. The second kappa shape index (κ2) is 3.94. The quantitative estimate of drug-likeness (QED) is 0.731. The fourth-order valence-electron chi connectivity index (χ4n) is 2.74. The number of benzene rings is 1. The summed E-state index contributed by atoms with van der Waals surface area (Å²) in [6.45, 7) is 8.19. The van der Waals surface area contributed by atoms with Gasteiger partial charge in [-0.25, -0.2) is 0 Å². The molecule has 1 atom stereocenters. The topological polar surface area (TPSA) is 3.24 Å². The molecule has 0 radical (unpaired) electrons. The molecule has 1 nitrogen and oxygen atoms in total. The number of rotatable bonds is 2. The molecule has 3 rings (SSSR count). The van der Waals surface area contributed by atoms with Crippen molar-refractivity contribution in [3.8, 4) is 0 Å². The highest BCUT2D eigenvalue weighted by molar-refractivity contribution is 8.07. The van der Waals surface area contributed by atoms with Crippen molar-refractivity contribution in [1.29, 1.82) is 0 Å². The molecule has 0 amide bonds. The SMILES string of the molecule is CC(C)N1CCCc2ccc(C3(C)CS3)cc21. The molecule has 2 aliphatic heterocycles. The van der Waals surface area contributed by atoms with Gasteiger partial charge in [-0.05, 0) is 50.8 Å². The van der Waals surface area contributed by atoms with Gasteiger partial charge in [-0.1, -0.05) is 12.1 Å². The van der Waals surface area contributed by atoms with E-state index in [1.54, 1.807) is 5.56 Å². The van der Waals surface area contributed by atoms with Gasteiger partial charge in [0.2, 0.25) is 0 Å². The van der Waals surface area contributed by atoms with Crippen molar-refractivity contribution in [3.05, 3.63) is 29.3 Å². The normalized spacial score (nSPS) is 27.2. The molecule has 0 bridgehead atoms. The van der Waals surface area contributed by atoms with E-state index >= 15 is 0 Å². The van der Waals surface area contributed by atoms with Crippen molar-refractivity contribution >= 4 is 17.4 Å². The maximum atomic E-state index is 2.57. The van der Waals surface area contributed by atoms with Crippen molar-refractivity contribution in [2.45, 2.75) is 44.4 Å². The van der Waals surface area contributed by atoms with Crippen molar-refractivity contribution in [1.82, 2.24) is 0 Å². The van der Waals surface area contributed by atoms with E-state index in [9.17, 15) is 0 Å². The molecule has 2 heterocycles. The van der Waals surface area contributed by atoms with Gasteiger partial charge < -0.3 is 4.90 Å². The lowest BCUT2D eigenvalue weighted by atomic mass is 9.94. The van der Waals surface area contributed by atoms with Crippen molar-refractivity contribution in [2.75, 3.05) is 17.2 Å². The maximum Gasteiger partial charge on any atom is 0.0472 e. The second-order valence-electron chi connectivity index (χ2n) is 5.75. The number of nitrogens with zero attached hydrogens (tertiary/aromatic N) is 1. The molecule has 2 heteroatoms. The molecular weight excluding hydrogens is 226 g/mol. The van der Waals surface area contributed by atoms with Crippen LogP contribution in [0.1, 0.15) is 38.3 Å². The summed E-state index contributed by atoms with van der Waals surface area (Å²) in [6.07, 6.45) is 2.55. The summed E-state index contributed by atoms with van der Waals surface area (Å²) in [5.74, 6) is 1.29.